The number of ether oxygens (including phenoxy) is 1. The summed E-state index contributed by atoms with van der Waals surface area (Å²) in [6.07, 6.45) is 0.789. The van der Waals surface area contributed by atoms with Crippen LogP contribution in [0.15, 0.2) is 16.7 Å². The van der Waals surface area contributed by atoms with Crippen LogP contribution in [-0.2, 0) is 24.3 Å². The number of amides is 1. The lowest BCUT2D eigenvalue weighted by Gasteiger charge is -1.99. The third-order valence-corrected chi connectivity index (χ3v) is 2.82. The maximum Gasteiger partial charge on any atom is 0.290 e. The second-order valence-electron chi connectivity index (χ2n) is 5.28. The summed E-state index contributed by atoms with van der Waals surface area (Å²) in [5, 5.41) is 13.5. The van der Waals surface area contributed by atoms with Gasteiger partial charge in [-0.2, -0.15) is 5.10 Å². The molecule has 7 heteroatoms. The number of carbonyl (C=O) groups is 1. The van der Waals surface area contributed by atoms with Crippen molar-refractivity contribution >= 4 is 5.91 Å². The molecule has 0 aliphatic carbocycles. The van der Waals surface area contributed by atoms with Crippen LogP contribution in [0.4, 0.5) is 0 Å². The maximum atomic E-state index is 11.9. The highest BCUT2D eigenvalue weighted by Crippen LogP contribution is 2.09. The number of carbonyl (C=O) groups excluding carboxylic acids is 1. The largest absolute Gasteiger partial charge is 0.378 e. The second kappa shape index (κ2) is 7.03. The molecule has 0 aromatic carbocycles. The molecular formula is C14H20N4O3. The third-order valence-electron chi connectivity index (χ3n) is 2.82. The Morgan fingerprint density at radius 1 is 1.43 bits per heavy atom. The predicted octanol–water partition coefficient (Wildman–Crippen LogP) is 1.67. The van der Waals surface area contributed by atoms with E-state index in [1.807, 2.05) is 6.07 Å². The molecule has 2 rings (SSSR count). The molecule has 0 aliphatic rings. The molecule has 0 atom stereocenters. The lowest BCUT2D eigenvalue weighted by atomic mass is 10.1. The molecule has 0 saturated carbocycles. The molecule has 0 aliphatic heterocycles. The van der Waals surface area contributed by atoms with Gasteiger partial charge in [0.2, 0.25) is 5.76 Å². The molecule has 21 heavy (non-hydrogen) atoms. The van der Waals surface area contributed by atoms with Gasteiger partial charge in [0, 0.05) is 13.2 Å². The number of methoxy groups -OCH3 is 1. The van der Waals surface area contributed by atoms with E-state index in [1.54, 1.807) is 13.2 Å². The number of aromatic amines is 1. The van der Waals surface area contributed by atoms with Crippen molar-refractivity contribution in [3.63, 3.8) is 0 Å². The van der Waals surface area contributed by atoms with Crippen LogP contribution >= 0.6 is 0 Å². The zero-order valence-corrected chi connectivity index (χ0v) is 12.5. The Labute approximate surface area is 123 Å². The van der Waals surface area contributed by atoms with E-state index in [-0.39, 0.29) is 11.7 Å². The average Bonchev–Trinajstić information content (AvgIpc) is 3.05. The van der Waals surface area contributed by atoms with Crippen LogP contribution in [0, 0.1) is 5.92 Å². The summed E-state index contributed by atoms with van der Waals surface area (Å²) in [4.78, 5) is 11.9. The first-order valence-electron chi connectivity index (χ1n) is 6.84. The smallest absolute Gasteiger partial charge is 0.290 e. The number of nitrogens with one attached hydrogen (secondary N) is 2. The van der Waals surface area contributed by atoms with Crippen molar-refractivity contribution in [2.24, 2.45) is 5.92 Å². The van der Waals surface area contributed by atoms with Crippen LogP contribution in [0.5, 0.6) is 0 Å². The fourth-order valence-corrected chi connectivity index (χ4v) is 1.92. The number of H-pyrrole nitrogens is 1. The van der Waals surface area contributed by atoms with E-state index in [2.05, 4.69) is 34.5 Å². The van der Waals surface area contributed by atoms with Gasteiger partial charge in [-0.15, -0.1) is 0 Å². The first-order valence-corrected chi connectivity index (χ1v) is 6.84. The van der Waals surface area contributed by atoms with E-state index in [4.69, 9.17) is 9.26 Å². The number of rotatable bonds is 7. The lowest BCUT2D eigenvalue weighted by Crippen LogP contribution is -2.22. The van der Waals surface area contributed by atoms with Crippen molar-refractivity contribution in [2.75, 3.05) is 7.11 Å². The summed E-state index contributed by atoms with van der Waals surface area (Å²) in [7, 11) is 1.61. The molecule has 114 valence electrons. The second-order valence-corrected chi connectivity index (χ2v) is 5.28. The van der Waals surface area contributed by atoms with Crippen LogP contribution in [0.2, 0.25) is 0 Å². The Morgan fingerprint density at radius 2 is 2.24 bits per heavy atom. The van der Waals surface area contributed by atoms with Gasteiger partial charge in [0.1, 0.15) is 0 Å². The van der Waals surface area contributed by atoms with Crippen molar-refractivity contribution < 1.29 is 14.1 Å². The Hall–Kier alpha value is -2.15. The van der Waals surface area contributed by atoms with Gasteiger partial charge in [0.15, 0.2) is 0 Å². The van der Waals surface area contributed by atoms with Gasteiger partial charge >= 0.3 is 0 Å². The Kier molecular flexibility index (Phi) is 5.10. The number of hydrogen-bond acceptors (Lipinski definition) is 5. The summed E-state index contributed by atoms with van der Waals surface area (Å²) in [6.45, 7) is 4.95. The van der Waals surface area contributed by atoms with Crippen molar-refractivity contribution in [3.05, 3.63) is 35.0 Å². The average molecular weight is 292 g/mol. The molecule has 2 aromatic rings. The molecule has 0 unspecified atom stereocenters. The van der Waals surface area contributed by atoms with Crippen molar-refractivity contribution in [1.29, 1.82) is 0 Å². The van der Waals surface area contributed by atoms with E-state index in [1.165, 1.54) is 0 Å². The fraction of sp³-hybridized carbons (Fsp3) is 0.500. The summed E-state index contributed by atoms with van der Waals surface area (Å²) in [6, 6.07) is 3.52. The molecule has 7 nitrogen and oxygen atoms in total. The molecule has 2 aromatic heterocycles. The zero-order valence-electron chi connectivity index (χ0n) is 12.5. The summed E-state index contributed by atoms with van der Waals surface area (Å²) in [5.74, 6) is 0.401. The normalized spacial score (nSPS) is 11.0. The monoisotopic (exact) mass is 292 g/mol. The minimum atomic E-state index is -0.291. The van der Waals surface area contributed by atoms with Crippen molar-refractivity contribution in [1.82, 2.24) is 20.7 Å². The van der Waals surface area contributed by atoms with Gasteiger partial charge in [-0.3, -0.25) is 9.89 Å². The summed E-state index contributed by atoms with van der Waals surface area (Å²) >= 11 is 0. The zero-order chi connectivity index (χ0) is 15.2. The summed E-state index contributed by atoms with van der Waals surface area (Å²) in [5.41, 5.74) is 2.39. The van der Waals surface area contributed by atoms with Gasteiger partial charge in [0.05, 0.1) is 30.2 Å². The predicted molar refractivity (Wildman–Crippen MR) is 75.5 cm³/mol. The van der Waals surface area contributed by atoms with Gasteiger partial charge in [-0.1, -0.05) is 19.0 Å². The highest BCUT2D eigenvalue weighted by Gasteiger charge is 2.13. The van der Waals surface area contributed by atoms with Gasteiger partial charge in [-0.25, -0.2) is 0 Å². The minimum Gasteiger partial charge on any atom is -0.378 e. The fourth-order valence-electron chi connectivity index (χ4n) is 1.92. The van der Waals surface area contributed by atoms with E-state index < -0.39 is 0 Å². The quantitative estimate of drug-likeness (QED) is 0.809. The molecule has 0 fully saturated rings. The highest BCUT2D eigenvalue weighted by molar-refractivity contribution is 5.91. The van der Waals surface area contributed by atoms with Crippen LogP contribution in [0.25, 0.3) is 0 Å². The molecule has 1 amide bonds. The first kappa shape index (κ1) is 15.2. The van der Waals surface area contributed by atoms with Gasteiger partial charge in [0.25, 0.3) is 5.91 Å². The molecule has 0 bridgehead atoms. The molecule has 2 N–H and O–H groups in total. The third kappa shape index (κ3) is 4.42. The lowest BCUT2D eigenvalue weighted by molar-refractivity contribution is 0.0913. The Balaban J connectivity index is 1.87. The van der Waals surface area contributed by atoms with Gasteiger partial charge < -0.3 is 14.6 Å². The molecule has 0 radical (unpaired) electrons. The van der Waals surface area contributed by atoms with Crippen LogP contribution in [0.1, 0.15) is 41.5 Å². The molecule has 0 saturated heterocycles. The highest BCUT2D eigenvalue weighted by atomic mass is 16.5. The van der Waals surface area contributed by atoms with E-state index in [0.29, 0.717) is 19.1 Å². The standard InChI is InChI=1S/C14H20N4O3/c1-9(2)4-10-6-13(21-18-10)14(19)15-7-11-5-12(8-20-3)17-16-11/h5-6,9H,4,7-8H2,1-3H3,(H,15,19)(H,16,17). The van der Waals surface area contributed by atoms with Crippen molar-refractivity contribution in [3.8, 4) is 0 Å². The Morgan fingerprint density at radius 3 is 2.95 bits per heavy atom. The maximum absolute atomic E-state index is 11.9. The summed E-state index contributed by atoms with van der Waals surface area (Å²) < 4.78 is 10.0. The number of nitrogens with zero attached hydrogens (tertiary/aromatic N) is 2. The van der Waals surface area contributed by atoms with Crippen LogP contribution in [0.3, 0.4) is 0 Å². The number of aromatic nitrogens is 3. The number of hydrogen-bond donors (Lipinski definition) is 2. The SMILES string of the molecule is COCc1cc(CNC(=O)c2cc(CC(C)C)no2)[nH]n1. The van der Waals surface area contributed by atoms with Gasteiger partial charge in [-0.05, 0) is 18.4 Å². The topological polar surface area (TPSA) is 93.0 Å². The van der Waals surface area contributed by atoms with Crippen LogP contribution in [-0.4, -0.2) is 28.4 Å². The van der Waals surface area contributed by atoms with Crippen LogP contribution < -0.4 is 5.32 Å². The molecule has 2 heterocycles. The van der Waals surface area contributed by atoms with E-state index in [9.17, 15) is 4.79 Å². The van der Waals surface area contributed by atoms with Crippen molar-refractivity contribution in [2.45, 2.75) is 33.4 Å². The van der Waals surface area contributed by atoms with E-state index >= 15 is 0 Å². The molecular weight excluding hydrogens is 272 g/mol. The molecule has 0 spiro atoms. The van der Waals surface area contributed by atoms with E-state index in [0.717, 1.165) is 23.5 Å². The Bertz CT molecular complexity index is 589. The minimum absolute atomic E-state index is 0.224. The first-order chi connectivity index (χ1) is 10.1.